The Morgan fingerprint density at radius 2 is 1.63 bits per heavy atom. The third kappa shape index (κ3) is 5.15. The number of aliphatic hydroxyl groups is 3. The minimum Gasteiger partial charge on any atom is -0.388 e. The first-order chi connectivity index (χ1) is 8.82. The van der Waals surface area contributed by atoms with Gasteiger partial charge in [0.15, 0.2) is 6.10 Å². The van der Waals surface area contributed by atoms with E-state index < -0.39 is 31.1 Å². The minimum atomic E-state index is -4.99. The second-order valence-electron chi connectivity index (χ2n) is 4.05. The van der Waals surface area contributed by atoms with Crippen molar-refractivity contribution in [2.75, 3.05) is 6.61 Å². The molecule has 3 atom stereocenters. The molecular formula is C12H15F3O4. The second-order valence-corrected chi connectivity index (χ2v) is 4.05. The number of alkyl halides is 3. The Kier molecular flexibility index (Phi) is 5.74. The molecule has 3 N–H and O–H groups in total. The lowest BCUT2D eigenvalue weighted by Gasteiger charge is -2.24. The molecule has 0 fully saturated rings. The van der Waals surface area contributed by atoms with Crippen LogP contribution in [-0.2, 0) is 11.3 Å². The van der Waals surface area contributed by atoms with Gasteiger partial charge in [-0.15, -0.1) is 0 Å². The second kappa shape index (κ2) is 6.85. The van der Waals surface area contributed by atoms with Crippen LogP contribution in [0.4, 0.5) is 13.2 Å². The Morgan fingerprint density at radius 1 is 1.05 bits per heavy atom. The molecule has 108 valence electrons. The first kappa shape index (κ1) is 15.9. The Hall–Kier alpha value is -1.15. The fraction of sp³-hybridized carbons (Fsp3) is 0.500. The zero-order chi connectivity index (χ0) is 14.5. The molecule has 0 amide bonds. The van der Waals surface area contributed by atoms with E-state index in [-0.39, 0.29) is 6.61 Å². The predicted molar refractivity (Wildman–Crippen MR) is 60.2 cm³/mol. The summed E-state index contributed by atoms with van der Waals surface area (Å²) in [5.41, 5.74) is 0.778. The maximum Gasteiger partial charge on any atom is 0.417 e. The summed E-state index contributed by atoms with van der Waals surface area (Å²) in [5, 5.41) is 27.2. The SMILES string of the molecule is O[C@H]([C@@H](O)C(F)(F)F)[C@@H](O)COCc1ccccc1. The number of ether oxygens (including phenoxy) is 1. The molecule has 0 aliphatic rings. The molecule has 4 nitrogen and oxygen atoms in total. The predicted octanol–water partition coefficient (Wildman–Crippen LogP) is 0.848. The van der Waals surface area contributed by atoms with Crippen molar-refractivity contribution in [1.29, 1.82) is 0 Å². The highest BCUT2D eigenvalue weighted by Crippen LogP contribution is 2.23. The highest BCUT2D eigenvalue weighted by atomic mass is 19.4. The van der Waals surface area contributed by atoms with Gasteiger partial charge in [-0.2, -0.15) is 13.2 Å². The quantitative estimate of drug-likeness (QED) is 0.722. The summed E-state index contributed by atoms with van der Waals surface area (Å²) in [7, 11) is 0. The van der Waals surface area contributed by atoms with Gasteiger partial charge in [0.2, 0.25) is 0 Å². The molecule has 0 aromatic heterocycles. The molecule has 0 unspecified atom stereocenters. The monoisotopic (exact) mass is 280 g/mol. The fourth-order valence-corrected chi connectivity index (χ4v) is 1.37. The summed E-state index contributed by atoms with van der Waals surface area (Å²) in [4.78, 5) is 0. The lowest BCUT2D eigenvalue weighted by molar-refractivity contribution is -0.244. The molecule has 0 aliphatic carbocycles. The Bertz CT molecular complexity index is 369. The van der Waals surface area contributed by atoms with Gasteiger partial charge in [0.1, 0.15) is 12.2 Å². The van der Waals surface area contributed by atoms with Gasteiger partial charge in [-0.25, -0.2) is 0 Å². The van der Waals surface area contributed by atoms with E-state index in [1.54, 1.807) is 30.3 Å². The van der Waals surface area contributed by atoms with Crippen LogP contribution < -0.4 is 0 Å². The van der Waals surface area contributed by atoms with Crippen molar-refractivity contribution in [3.05, 3.63) is 35.9 Å². The van der Waals surface area contributed by atoms with Crippen LogP contribution in [0.25, 0.3) is 0 Å². The molecule has 0 radical (unpaired) electrons. The summed E-state index contributed by atoms with van der Waals surface area (Å²) in [5.74, 6) is 0. The van der Waals surface area contributed by atoms with Crippen molar-refractivity contribution >= 4 is 0 Å². The van der Waals surface area contributed by atoms with Crippen molar-refractivity contribution in [1.82, 2.24) is 0 Å². The molecule has 0 saturated heterocycles. The zero-order valence-corrected chi connectivity index (χ0v) is 9.92. The highest BCUT2D eigenvalue weighted by molar-refractivity contribution is 5.13. The van der Waals surface area contributed by atoms with Crippen LogP contribution in [0.15, 0.2) is 30.3 Å². The molecule has 1 rings (SSSR count). The van der Waals surface area contributed by atoms with Crippen molar-refractivity contribution in [2.24, 2.45) is 0 Å². The van der Waals surface area contributed by atoms with Crippen molar-refractivity contribution in [2.45, 2.75) is 31.1 Å². The summed E-state index contributed by atoms with van der Waals surface area (Å²) >= 11 is 0. The van der Waals surface area contributed by atoms with Gasteiger partial charge < -0.3 is 20.1 Å². The van der Waals surface area contributed by atoms with Crippen molar-refractivity contribution in [3.8, 4) is 0 Å². The maximum atomic E-state index is 12.1. The van der Waals surface area contributed by atoms with Gasteiger partial charge in [-0.05, 0) is 5.56 Å². The van der Waals surface area contributed by atoms with Gasteiger partial charge in [0.25, 0.3) is 0 Å². The van der Waals surface area contributed by atoms with E-state index in [4.69, 9.17) is 14.9 Å². The number of halogens is 3. The highest BCUT2D eigenvalue weighted by Gasteiger charge is 2.45. The molecule has 1 aromatic carbocycles. The van der Waals surface area contributed by atoms with Gasteiger partial charge >= 0.3 is 6.18 Å². The molecule has 0 spiro atoms. The number of benzene rings is 1. The van der Waals surface area contributed by atoms with E-state index in [2.05, 4.69) is 0 Å². The third-order valence-electron chi connectivity index (χ3n) is 2.45. The van der Waals surface area contributed by atoms with Gasteiger partial charge in [0.05, 0.1) is 13.2 Å². The first-order valence-corrected chi connectivity index (χ1v) is 5.55. The Labute approximate surface area is 108 Å². The lowest BCUT2D eigenvalue weighted by Crippen LogP contribution is -2.47. The van der Waals surface area contributed by atoms with E-state index in [1.165, 1.54) is 0 Å². The van der Waals surface area contributed by atoms with E-state index in [0.717, 1.165) is 5.56 Å². The van der Waals surface area contributed by atoms with Crippen LogP contribution >= 0.6 is 0 Å². The standard InChI is InChI=1S/C12H15F3O4/c13-12(14,15)11(18)10(17)9(16)7-19-6-8-4-2-1-3-5-8/h1-5,9-11,16-18H,6-7H2/t9-,10-,11+/m0/s1. The van der Waals surface area contributed by atoms with Crippen LogP contribution in [0.3, 0.4) is 0 Å². The fourth-order valence-electron chi connectivity index (χ4n) is 1.37. The lowest BCUT2D eigenvalue weighted by atomic mass is 10.1. The third-order valence-corrected chi connectivity index (χ3v) is 2.45. The summed E-state index contributed by atoms with van der Waals surface area (Å²) in [6, 6.07) is 8.80. The van der Waals surface area contributed by atoms with Crippen molar-refractivity contribution in [3.63, 3.8) is 0 Å². The maximum absolute atomic E-state index is 12.1. The molecule has 1 aromatic rings. The number of hydrogen-bond acceptors (Lipinski definition) is 4. The normalized spacial score (nSPS) is 16.9. The van der Waals surface area contributed by atoms with Gasteiger partial charge in [0, 0.05) is 0 Å². The summed E-state index contributed by atoms with van der Waals surface area (Å²) < 4.78 is 41.2. The average molecular weight is 280 g/mol. The molecule has 7 heteroatoms. The topological polar surface area (TPSA) is 69.9 Å². The van der Waals surface area contributed by atoms with Crippen LogP contribution in [0.1, 0.15) is 5.56 Å². The average Bonchev–Trinajstić information content (AvgIpc) is 2.37. The molecule has 19 heavy (non-hydrogen) atoms. The largest absolute Gasteiger partial charge is 0.417 e. The summed E-state index contributed by atoms with van der Waals surface area (Å²) in [6.45, 7) is -0.421. The van der Waals surface area contributed by atoms with E-state index in [9.17, 15) is 18.3 Å². The Balaban J connectivity index is 2.37. The molecule has 0 saturated carbocycles. The first-order valence-electron chi connectivity index (χ1n) is 5.55. The summed E-state index contributed by atoms with van der Waals surface area (Å²) in [6.07, 6.45) is -12.1. The van der Waals surface area contributed by atoms with Crippen molar-refractivity contribution < 1.29 is 33.2 Å². The smallest absolute Gasteiger partial charge is 0.388 e. The van der Waals surface area contributed by atoms with E-state index in [0.29, 0.717) is 0 Å². The number of hydrogen-bond donors (Lipinski definition) is 3. The number of aliphatic hydroxyl groups excluding tert-OH is 3. The zero-order valence-electron chi connectivity index (χ0n) is 9.92. The van der Waals surface area contributed by atoms with Crippen LogP contribution in [0, 0.1) is 0 Å². The molecular weight excluding hydrogens is 265 g/mol. The van der Waals surface area contributed by atoms with Gasteiger partial charge in [-0.3, -0.25) is 0 Å². The van der Waals surface area contributed by atoms with Crippen LogP contribution in [0.2, 0.25) is 0 Å². The Morgan fingerprint density at radius 3 is 2.16 bits per heavy atom. The molecule has 0 aliphatic heterocycles. The van der Waals surface area contributed by atoms with E-state index in [1.807, 2.05) is 0 Å². The van der Waals surface area contributed by atoms with Crippen LogP contribution in [0.5, 0.6) is 0 Å². The molecule has 0 bridgehead atoms. The van der Waals surface area contributed by atoms with Gasteiger partial charge in [-0.1, -0.05) is 30.3 Å². The van der Waals surface area contributed by atoms with E-state index >= 15 is 0 Å². The molecule has 0 heterocycles. The minimum absolute atomic E-state index is 0.0900. The number of rotatable bonds is 6. The van der Waals surface area contributed by atoms with Crippen LogP contribution in [-0.4, -0.2) is 46.4 Å².